The van der Waals surface area contributed by atoms with Gasteiger partial charge in [-0.15, -0.1) is 0 Å². The molecule has 2 saturated heterocycles. The standard InChI is InChI=1S/C19H23ClN4O2/c1-23-11-14(8-22-23)16-9-21-10-17(16)19(25)24-6-7-26-18(12-24)13-2-4-15(20)5-3-13/h2-5,8,11,16-18,21H,6-7,9-10,12H2,1H3/t16-,17+,18?/m1/s1. The van der Waals surface area contributed by atoms with E-state index in [1.54, 1.807) is 4.68 Å². The van der Waals surface area contributed by atoms with Crippen molar-refractivity contribution >= 4 is 17.5 Å². The SMILES string of the molecule is Cn1cc([C@H]2CNC[C@@H]2C(=O)N2CCOC(c3ccc(Cl)cc3)C2)cn1. The predicted molar refractivity (Wildman–Crippen MR) is 99.0 cm³/mol. The van der Waals surface area contributed by atoms with Crippen molar-refractivity contribution in [1.29, 1.82) is 0 Å². The van der Waals surface area contributed by atoms with Gasteiger partial charge in [-0.25, -0.2) is 0 Å². The third kappa shape index (κ3) is 3.49. The zero-order valence-electron chi connectivity index (χ0n) is 14.8. The van der Waals surface area contributed by atoms with Gasteiger partial charge in [0.1, 0.15) is 6.10 Å². The summed E-state index contributed by atoms with van der Waals surface area (Å²) in [6.07, 6.45) is 3.78. The Labute approximate surface area is 158 Å². The summed E-state index contributed by atoms with van der Waals surface area (Å²) in [5.74, 6) is 0.322. The topological polar surface area (TPSA) is 59.4 Å². The van der Waals surface area contributed by atoms with Crippen molar-refractivity contribution in [3.05, 3.63) is 52.8 Å². The lowest BCUT2D eigenvalue weighted by molar-refractivity contribution is -0.143. The number of rotatable bonds is 3. The number of halogens is 1. The van der Waals surface area contributed by atoms with E-state index in [0.29, 0.717) is 31.3 Å². The highest BCUT2D eigenvalue weighted by atomic mass is 35.5. The molecule has 2 fully saturated rings. The van der Waals surface area contributed by atoms with Crippen molar-refractivity contribution < 1.29 is 9.53 Å². The Morgan fingerprint density at radius 3 is 2.81 bits per heavy atom. The normalized spacial score (nSPS) is 26.2. The second-order valence-electron chi connectivity index (χ2n) is 7.01. The first kappa shape index (κ1) is 17.5. The molecule has 3 atom stereocenters. The summed E-state index contributed by atoms with van der Waals surface area (Å²) in [6.45, 7) is 3.29. The molecule has 7 heteroatoms. The van der Waals surface area contributed by atoms with Crippen LogP contribution in [0.15, 0.2) is 36.7 Å². The summed E-state index contributed by atoms with van der Waals surface area (Å²) in [5, 5.41) is 8.33. The summed E-state index contributed by atoms with van der Waals surface area (Å²) < 4.78 is 7.69. The molecule has 0 spiro atoms. The van der Waals surface area contributed by atoms with E-state index in [-0.39, 0.29) is 23.8 Å². The van der Waals surface area contributed by atoms with Gasteiger partial charge in [0.25, 0.3) is 0 Å². The summed E-state index contributed by atoms with van der Waals surface area (Å²) in [6, 6.07) is 7.66. The smallest absolute Gasteiger partial charge is 0.227 e. The van der Waals surface area contributed by atoms with Crippen molar-refractivity contribution in [3.63, 3.8) is 0 Å². The second kappa shape index (κ2) is 7.39. The number of benzene rings is 1. The van der Waals surface area contributed by atoms with Crippen LogP contribution in [0.25, 0.3) is 0 Å². The molecule has 0 aliphatic carbocycles. The number of hydrogen-bond donors (Lipinski definition) is 1. The fourth-order valence-corrected chi connectivity index (χ4v) is 4.01. The van der Waals surface area contributed by atoms with Crippen molar-refractivity contribution in [2.24, 2.45) is 13.0 Å². The summed E-state index contributed by atoms with van der Waals surface area (Å²) in [4.78, 5) is 15.2. The van der Waals surface area contributed by atoms with Gasteiger partial charge < -0.3 is 15.0 Å². The maximum Gasteiger partial charge on any atom is 0.227 e. The van der Waals surface area contributed by atoms with Crippen LogP contribution in [0.4, 0.5) is 0 Å². The molecular weight excluding hydrogens is 352 g/mol. The van der Waals surface area contributed by atoms with Crippen molar-refractivity contribution in [2.75, 3.05) is 32.8 Å². The number of carbonyl (C=O) groups is 1. The van der Waals surface area contributed by atoms with E-state index in [9.17, 15) is 4.79 Å². The maximum atomic E-state index is 13.2. The molecule has 0 radical (unpaired) electrons. The first-order chi connectivity index (χ1) is 12.6. The van der Waals surface area contributed by atoms with Crippen LogP contribution >= 0.6 is 11.6 Å². The van der Waals surface area contributed by atoms with Crippen molar-refractivity contribution in [3.8, 4) is 0 Å². The van der Waals surface area contributed by atoms with Crippen LogP contribution in [0, 0.1) is 5.92 Å². The largest absolute Gasteiger partial charge is 0.370 e. The Hall–Kier alpha value is -1.89. The molecule has 1 unspecified atom stereocenters. The average Bonchev–Trinajstić information content (AvgIpc) is 3.30. The third-order valence-electron chi connectivity index (χ3n) is 5.30. The first-order valence-electron chi connectivity index (χ1n) is 8.97. The number of ether oxygens (including phenoxy) is 1. The molecule has 2 aromatic rings. The minimum Gasteiger partial charge on any atom is -0.370 e. The quantitative estimate of drug-likeness (QED) is 0.892. The first-order valence-corrected chi connectivity index (χ1v) is 9.35. The lowest BCUT2D eigenvalue weighted by atomic mass is 9.89. The molecule has 0 saturated carbocycles. The molecule has 1 aromatic heterocycles. The highest BCUT2D eigenvalue weighted by Crippen LogP contribution is 2.31. The fraction of sp³-hybridized carbons (Fsp3) is 0.474. The number of carbonyl (C=O) groups excluding carboxylic acids is 1. The number of hydrogen-bond acceptors (Lipinski definition) is 4. The monoisotopic (exact) mass is 374 g/mol. The highest BCUT2D eigenvalue weighted by Gasteiger charge is 2.38. The Bertz CT molecular complexity index is 776. The lowest BCUT2D eigenvalue weighted by Crippen LogP contribution is -2.46. The number of aryl methyl sites for hydroxylation is 1. The van der Waals surface area contributed by atoms with Crippen molar-refractivity contribution in [2.45, 2.75) is 12.0 Å². The van der Waals surface area contributed by atoms with Gasteiger partial charge in [0.05, 0.1) is 25.3 Å². The van der Waals surface area contributed by atoms with Crippen molar-refractivity contribution in [1.82, 2.24) is 20.0 Å². The van der Waals surface area contributed by atoms with Crippen LogP contribution in [-0.4, -0.2) is 53.4 Å². The summed E-state index contributed by atoms with van der Waals surface area (Å²) >= 11 is 5.97. The van der Waals surface area contributed by atoms with Gasteiger partial charge in [-0.1, -0.05) is 23.7 Å². The molecule has 2 aliphatic heterocycles. The molecule has 138 valence electrons. The zero-order chi connectivity index (χ0) is 18.1. The summed E-state index contributed by atoms with van der Waals surface area (Å²) in [7, 11) is 1.90. The van der Waals surface area contributed by atoms with Crippen LogP contribution < -0.4 is 5.32 Å². The number of nitrogens with one attached hydrogen (secondary N) is 1. The van der Waals surface area contributed by atoms with Gasteiger partial charge in [0, 0.05) is 43.8 Å². The minimum atomic E-state index is -0.101. The van der Waals surface area contributed by atoms with E-state index >= 15 is 0 Å². The lowest BCUT2D eigenvalue weighted by Gasteiger charge is -2.35. The molecular formula is C19H23ClN4O2. The molecule has 4 rings (SSSR count). The van der Waals surface area contributed by atoms with E-state index in [1.807, 2.05) is 48.6 Å². The van der Waals surface area contributed by atoms with Gasteiger partial charge in [-0.05, 0) is 23.3 Å². The zero-order valence-corrected chi connectivity index (χ0v) is 15.5. The maximum absolute atomic E-state index is 13.2. The van der Waals surface area contributed by atoms with Crippen LogP contribution in [-0.2, 0) is 16.6 Å². The molecule has 26 heavy (non-hydrogen) atoms. The Morgan fingerprint density at radius 1 is 1.27 bits per heavy atom. The van der Waals surface area contributed by atoms with Crippen LogP contribution in [0.2, 0.25) is 5.02 Å². The number of nitrogens with zero attached hydrogens (tertiary/aromatic N) is 3. The Kier molecular flexibility index (Phi) is 4.98. The molecule has 6 nitrogen and oxygen atoms in total. The predicted octanol–water partition coefficient (Wildman–Crippen LogP) is 1.98. The van der Waals surface area contributed by atoms with Crippen LogP contribution in [0.1, 0.15) is 23.1 Å². The van der Waals surface area contributed by atoms with Crippen LogP contribution in [0.5, 0.6) is 0 Å². The van der Waals surface area contributed by atoms with Gasteiger partial charge in [0.15, 0.2) is 0 Å². The highest BCUT2D eigenvalue weighted by molar-refractivity contribution is 6.30. The molecule has 3 heterocycles. The molecule has 1 N–H and O–H groups in total. The Morgan fingerprint density at radius 2 is 2.08 bits per heavy atom. The van der Waals surface area contributed by atoms with Gasteiger partial charge in [0.2, 0.25) is 5.91 Å². The fourth-order valence-electron chi connectivity index (χ4n) is 3.88. The van der Waals surface area contributed by atoms with Gasteiger partial charge in [-0.3, -0.25) is 9.48 Å². The third-order valence-corrected chi connectivity index (χ3v) is 5.56. The molecule has 2 aliphatic rings. The summed E-state index contributed by atoms with van der Waals surface area (Å²) in [5.41, 5.74) is 2.18. The van der Waals surface area contributed by atoms with Gasteiger partial charge in [-0.2, -0.15) is 5.10 Å². The number of morpholine rings is 1. The van der Waals surface area contributed by atoms with E-state index < -0.39 is 0 Å². The minimum absolute atomic E-state index is 0.0526. The van der Waals surface area contributed by atoms with Crippen LogP contribution in [0.3, 0.4) is 0 Å². The number of amides is 1. The Balaban J connectivity index is 1.47. The average molecular weight is 375 g/mol. The molecule has 1 amide bonds. The molecule has 0 bridgehead atoms. The van der Waals surface area contributed by atoms with E-state index in [0.717, 1.165) is 17.7 Å². The van der Waals surface area contributed by atoms with E-state index in [1.165, 1.54) is 0 Å². The molecule has 1 aromatic carbocycles. The van der Waals surface area contributed by atoms with E-state index in [4.69, 9.17) is 16.3 Å². The second-order valence-corrected chi connectivity index (χ2v) is 7.45. The van der Waals surface area contributed by atoms with Gasteiger partial charge >= 0.3 is 0 Å². The number of aromatic nitrogens is 2. The van der Waals surface area contributed by atoms with E-state index in [2.05, 4.69) is 10.4 Å².